The van der Waals surface area contributed by atoms with Gasteiger partial charge in [0.25, 0.3) is 0 Å². The molecule has 88 valence electrons. The van der Waals surface area contributed by atoms with E-state index in [1.165, 1.54) is 5.56 Å². The highest BCUT2D eigenvalue weighted by Crippen LogP contribution is 2.34. The summed E-state index contributed by atoms with van der Waals surface area (Å²) in [5.41, 5.74) is 0.811. The highest BCUT2D eigenvalue weighted by molar-refractivity contribution is 9.10. The van der Waals surface area contributed by atoms with Crippen molar-refractivity contribution in [3.05, 3.63) is 34.3 Å². The van der Waals surface area contributed by atoms with Crippen molar-refractivity contribution >= 4 is 15.9 Å². The van der Waals surface area contributed by atoms with Crippen LogP contribution in [0, 0.1) is 0 Å². The van der Waals surface area contributed by atoms with E-state index in [9.17, 15) is 0 Å². The van der Waals surface area contributed by atoms with Crippen LogP contribution in [0.15, 0.2) is 28.7 Å². The first-order valence-corrected chi connectivity index (χ1v) is 6.22. The highest BCUT2D eigenvalue weighted by atomic mass is 79.9. The van der Waals surface area contributed by atoms with Gasteiger partial charge in [0.05, 0.1) is 0 Å². The third-order valence-corrected chi connectivity index (χ3v) is 3.93. The Bertz CT molecular complexity index is 372. The first-order chi connectivity index (χ1) is 7.70. The summed E-state index contributed by atoms with van der Waals surface area (Å²) in [5.74, 6) is 0. The second kappa shape index (κ2) is 4.84. The summed E-state index contributed by atoms with van der Waals surface area (Å²) in [6.07, 6.45) is 0. The van der Waals surface area contributed by atoms with Gasteiger partial charge >= 0.3 is 0 Å². The lowest BCUT2D eigenvalue weighted by atomic mass is 9.99. The molecule has 4 heteroatoms. The van der Waals surface area contributed by atoms with Gasteiger partial charge in [0.15, 0.2) is 5.72 Å². The second-order valence-electron chi connectivity index (χ2n) is 4.07. The number of likely N-dealkylation sites (N-methyl/N-ethyl adjacent to an activating group) is 1. The van der Waals surface area contributed by atoms with Crippen molar-refractivity contribution in [1.29, 1.82) is 0 Å². The van der Waals surface area contributed by atoms with E-state index in [0.29, 0.717) is 0 Å². The molecular weight excluding hydrogens is 268 g/mol. The van der Waals surface area contributed by atoms with Crippen LogP contribution in [-0.2, 0) is 10.5 Å². The summed E-state index contributed by atoms with van der Waals surface area (Å²) >= 11 is 3.60. The van der Waals surface area contributed by atoms with E-state index in [2.05, 4.69) is 45.3 Å². The maximum atomic E-state index is 5.79. The molecule has 0 spiro atoms. The Labute approximate surface area is 105 Å². The minimum absolute atomic E-state index is 0.363. The number of ether oxygens (including phenoxy) is 1. The van der Waals surface area contributed by atoms with Gasteiger partial charge in [-0.1, -0.05) is 34.1 Å². The average molecular weight is 285 g/mol. The summed E-state index contributed by atoms with van der Waals surface area (Å²) in [4.78, 5) is 2.25. The Morgan fingerprint density at radius 3 is 2.81 bits per heavy atom. The molecule has 1 aromatic carbocycles. The van der Waals surface area contributed by atoms with Gasteiger partial charge in [-0.15, -0.1) is 0 Å². The predicted octanol–water partition coefficient (Wildman–Crippen LogP) is 1.78. The largest absolute Gasteiger partial charge is 0.358 e. The van der Waals surface area contributed by atoms with E-state index in [4.69, 9.17) is 4.74 Å². The standard InChI is InChI=1S/C12H17BrN2O/c1-15-8-7-14-9-12(15,16-2)10-5-3-4-6-11(10)13/h3-6,14H,7-9H2,1-2H3. The number of hydrogen-bond acceptors (Lipinski definition) is 3. The number of hydrogen-bond donors (Lipinski definition) is 1. The van der Waals surface area contributed by atoms with Crippen molar-refractivity contribution in [2.75, 3.05) is 33.8 Å². The number of nitrogens with one attached hydrogen (secondary N) is 1. The second-order valence-corrected chi connectivity index (χ2v) is 4.92. The number of methoxy groups -OCH3 is 1. The lowest BCUT2D eigenvalue weighted by molar-refractivity contribution is -0.143. The summed E-state index contributed by atoms with van der Waals surface area (Å²) in [7, 11) is 3.87. The summed E-state index contributed by atoms with van der Waals surface area (Å²) in [5, 5.41) is 3.40. The zero-order valence-corrected chi connectivity index (χ0v) is 11.3. The predicted molar refractivity (Wildman–Crippen MR) is 68.3 cm³/mol. The van der Waals surface area contributed by atoms with Gasteiger partial charge in [-0.25, -0.2) is 0 Å². The van der Waals surface area contributed by atoms with Gasteiger partial charge in [0.2, 0.25) is 0 Å². The van der Waals surface area contributed by atoms with Crippen LogP contribution >= 0.6 is 15.9 Å². The molecule has 1 fully saturated rings. The molecule has 0 radical (unpaired) electrons. The minimum atomic E-state index is -0.363. The minimum Gasteiger partial charge on any atom is -0.358 e. The van der Waals surface area contributed by atoms with E-state index < -0.39 is 0 Å². The van der Waals surface area contributed by atoms with E-state index in [-0.39, 0.29) is 5.72 Å². The Kier molecular flexibility index (Phi) is 3.64. The first-order valence-electron chi connectivity index (χ1n) is 5.43. The molecule has 1 heterocycles. The zero-order chi connectivity index (χ0) is 11.6. The maximum absolute atomic E-state index is 5.79. The van der Waals surface area contributed by atoms with Gasteiger partial charge in [-0.2, -0.15) is 0 Å². The molecule has 0 bridgehead atoms. The highest BCUT2D eigenvalue weighted by Gasteiger charge is 2.39. The number of halogens is 1. The molecule has 1 saturated heterocycles. The van der Waals surface area contributed by atoms with Crippen molar-refractivity contribution in [3.63, 3.8) is 0 Å². The van der Waals surface area contributed by atoms with Crippen LogP contribution in [0.1, 0.15) is 5.56 Å². The topological polar surface area (TPSA) is 24.5 Å². The van der Waals surface area contributed by atoms with Crippen molar-refractivity contribution in [2.45, 2.75) is 5.72 Å². The molecule has 0 aliphatic carbocycles. The Hall–Kier alpha value is -0.420. The molecular formula is C12H17BrN2O. The Morgan fingerprint density at radius 2 is 2.19 bits per heavy atom. The SMILES string of the molecule is COC1(c2ccccc2Br)CNCCN1C. The molecule has 1 atom stereocenters. The fourth-order valence-electron chi connectivity index (χ4n) is 2.24. The van der Waals surface area contributed by atoms with Crippen LogP contribution in [0.4, 0.5) is 0 Å². The van der Waals surface area contributed by atoms with Crippen LogP contribution < -0.4 is 5.32 Å². The number of piperazine rings is 1. The van der Waals surface area contributed by atoms with Gasteiger partial charge in [0.1, 0.15) is 0 Å². The Balaban J connectivity index is 2.44. The van der Waals surface area contributed by atoms with Crippen LogP contribution in [0.2, 0.25) is 0 Å². The molecule has 0 aromatic heterocycles. The van der Waals surface area contributed by atoms with Crippen LogP contribution in [0.5, 0.6) is 0 Å². The first kappa shape index (κ1) is 12.0. The molecule has 1 unspecified atom stereocenters. The lowest BCUT2D eigenvalue weighted by Gasteiger charge is -2.45. The molecule has 0 amide bonds. The average Bonchev–Trinajstić information content (AvgIpc) is 2.31. The van der Waals surface area contributed by atoms with Crippen molar-refractivity contribution in [3.8, 4) is 0 Å². The lowest BCUT2D eigenvalue weighted by Crippen LogP contribution is -2.58. The van der Waals surface area contributed by atoms with Gasteiger partial charge < -0.3 is 10.1 Å². The fourth-order valence-corrected chi connectivity index (χ4v) is 2.83. The van der Waals surface area contributed by atoms with Crippen molar-refractivity contribution < 1.29 is 4.74 Å². The van der Waals surface area contributed by atoms with Crippen molar-refractivity contribution in [2.24, 2.45) is 0 Å². The monoisotopic (exact) mass is 284 g/mol. The summed E-state index contributed by atoms with van der Waals surface area (Å²) in [6, 6.07) is 8.23. The smallest absolute Gasteiger partial charge is 0.160 e. The normalized spacial score (nSPS) is 26.9. The fraction of sp³-hybridized carbons (Fsp3) is 0.500. The third kappa shape index (κ3) is 1.91. The zero-order valence-electron chi connectivity index (χ0n) is 9.66. The van der Waals surface area contributed by atoms with Crippen molar-refractivity contribution in [1.82, 2.24) is 10.2 Å². The maximum Gasteiger partial charge on any atom is 0.160 e. The summed E-state index contributed by atoms with van der Waals surface area (Å²) < 4.78 is 6.88. The van der Waals surface area contributed by atoms with Gasteiger partial charge in [-0.3, -0.25) is 4.90 Å². The molecule has 1 aliphatic heterocycles. The molecule has 3 nitrogen and oxygen atoms in total. The number of rotatable bonds is 2. The molecule has 1 aliphatic rings. The quantitative estimate of drug-likeness (QED) is 0.896. The molecule has 0 saturated carbocycles. The summed E-state index contributed by atoms with van der Waals surface area (Å²) in [6.45, 7) is 2.80. The Morgan fingerprint density at radius 1 is 1.44 bits per heavy atom. The van der Waals surface area contributed by atoms with E-state index in [1.54, 1.807) is 7.11 Å². The van der Waals surface area contributed by atoms with Crippen LogP contribution in [0.3, 0.4) is 0 Å². The van der Waals surface area contributed by atoms with Gasteiger partial charge in [-0.05, 0) is 13.1 Å². The molecule has 1 N–H and O–H groups in total. The third-order valence-electron chi connectivity index (χ3n) is 3.24. The van der Waals surface area contributed by atoms with E-state index >= 15 is 0 Å². The van der Waals surface area contributed by atoms with Crippen LogP contribution in [-0.4, -0.2) is 38.7 Å². The number of benzene rings is 1. The number of nitrogens with zero attached hydrogens (tertiary/aromatic N) is 1. The molecule has 1 aromatic rings. The molecule has 16 heavy (non-hydrogen) atoms. The van der Waals surface area contributed by atoms with E-state index in [1.807, 2.05) is 12.1 Å². The van der Waals surface area contributed by atoms with Crippen LogP contribution in [0.25, 0.3) is 0 Å². The molecule has 2 rings (SSSR count). The van der Waals surface area contributed by atoms with Gasteiger partial charge in [0, 0.05) is 36.8 Å². The van der Waals surface area contributed by atoms with E-state index in [0.717, 1.165) is 24.1 Å².